The van der Waals surface area contributed by atoms with Gasteiger partial charge in [-0.05, 0) is 42.3 Å². The smallest absolute Gasteiger partial charge is 0.312 e. The lowest BCUT2D eigenvalue weighted by atomic mass is 10.1. The van der Waals surface area contributed by atoms with E-state index in [1.54, 1.807) is 24.3 Å². The van der Waals surface area contributed by atoms with Crippen LogP contribution in [0.25, 0.3) is 0 Å². The lowest BCUT2D eigenvalue weighted by molar-refractivity contribution is -0.385. The minimum atomic E-state index is -0.491. The Labute approximate surface area is 124 Å². The fourth-order valence-corrected chi connectivity index (χ4v) is 2.10. The largest absolute Gasteiger partial charge is 0.450 e. The summed E-state index contributed by atoms with van der Waals surface area (Å²) < 4.78 is 6.18. The molecule has 5 nitrogen and oxygen atoms in total. The van der Waals surface area contributed by atoms with Crippen LogP contribution in [0.15, 0.2) is 40.9 Å². The van der Waals surface area contributed by atoms with E-state index in [4.69, 9.17) is 9.84 Å². The summed E-state index contributed by atoms with van der Waals surface area (Å²) in [5, 5.41) is 20.1. The SMILES string of the molecule is Cc1cc(Oc2ccc(Br)cc2[N+](=O)[O-])ccc1CO. The van der Waals surface area contributed by atoms with Gasteiger partial charge in [0.25, 0.3) is 0 Å². The Bertz CT molecular complexity index is 658. The van der Waals surface area contributed by atoms with Gasteiger partial charge in [-0.25, -0.2) is 0 Å². The summed E-state index contributed by atoms with van der Waals surface area (Å²) in [5.74, 6) is 0.666. The predicted molar refractivity (Wildman–Crippen MR) is 78.0 cm³/mol. The normalized spacial score (nSPS) is 10.3. The van der Waals surface area contributed by atoms with Gasteiger partial charge in [0.1, 0.15) is 5.75 Å². The minimum absolute atomic E-state index is 0.0510. The second-order valence-electron chi connectivity index (χ2n) is 4.22. The number of aliphatic hydroxyl groups excluding tert-OH is 1. The van der Waals surface area contributed by atoms with Crippen molar-refractivity contribution in [1.29, 1.82) is 0 Å². The predicted octanol–water partition coefficient (Wildman–Crippen LogP) is 3.95. The van der Waals surface area contributed by atoms with Gasteiger partial charge in [-0.15, -0.1) is 0 Å². The van der Waals surface area contributed by atoms with E-state index >= 15 is 0 Å². The Morgan fingerprint density at radius 2 is 2.05 bits per heavy atom. The van der Waals surface area contributed by atoms with Gasteiger partial charge in [-0.2, -0.15) is 0 Å². The van der Waals surface area contributed by atoms with Crippen LogP contribution < -0.4 is 4.74 Å². The van der Waals surface area contributed by atoms with Gasteiger partial charge in [-0.1, -0.05) is 22.0 Å². The molecule has 2 aromatic carbocycles. The molecule has 0 aliphatic heterocycles. The van der Waals surface area contributed by atoms with Crippen LogP contribution in [-0.4, -0.2) is 10.0 Å². The van der Waals surface area contributed by atoms with Crippen molar-refractivity contribution in [2.45, 2.75) is 13.5 Å². The highest BCUT2D eigenvalue weighted by Crippen LogP contribution is 2.34. The van der Waals surface area contributed by atoms with Gasteiger partial charge in [-0.3, -0.25) is 10.1 Å². The molecular weight excluding hydrogens is 326 g/mol. The van der Waals surface area contributed by atoms with Crippen LogP contribution in [0.4, 0.5) is 5.69 Å². The number of nitro groups is 1. The maximum Gasteiger partial charge on any atom is 0.312 e. The Kier molecular flexibility index (Phi) is 4.36. The summed E-state index contributed by atoms with van der Waals surface area (Å²) in [4.78, 5) is 10.5. The van der Waals surface area contributed by atoms with Crippen molar-refractivity contribution in [1.82, 2.24) is 0 Å². The summed E-state index contributed by atoms with van der Waals surface area (Å²) in [6, 6.07) is 9.75. The molecule has 2 rings (SSSR count). The number of halogens is 1. The van der Waals surface area contributed by atoms with E-state index in [1.807, 2.05) is 6.92 Å². The third-order valence-electron chi connectivity index (χ3n) is 2.83. The van der Waals surface area contributed by atoms with E-state index in [0.717, 1.165) is 11.1 Å². The van der Waals surface area contributed by atoms with Crippen LogP contribution in [0.1, 0.15) is 11.1 Å². The van der Waals surface area contributed by atoms with Gasteiger partial charge in [0, 0.05) is 10.5 Å². The van der Waals surface area contributed by atoms with Crippen molar-refractivity contribution in [3.63, 3.8) is 0 Å². The molecule has 0 fully saturated rings. The molecule has 2 aromatic rings. The zero-order valence-electron chi connectivity index (χ0n) is 10.7. The maximum atomic E-state index is 11.0. The monoisotopic (exact) mass is 337 g/mol. The summed E-state index contributed by atoms with van der Waals surface area (Å²) in [7, 11) is 0. The lowest BCUT2D eigenvalue weighted by Crippen LogP contribution is -1.95. The third kappa shape index (κ3) is 3.15. The molecule has 1 N–H and O–H groups in total. The topological polar surface area (TPSA) is 72.6 Å². The van der Waals surface area contributed by atoms with Gasteiger partial charge < -0.3 is 9.84 Å². The summed E-state index contributed by atoms with van der Waals surface area (Å²) >= 11 is 3.19. The number of nitro benzene ring substituents is 1. The van der Waals surface area contributed by atoms with E-state index in [2.05, 4.69) is 15.9 Å². The first-order valence-corrected chi connectivity index (χ1v) is 6.62. The Morgan fingerprint density at radius 3 is 2.65 bits per heavy atom. The maximum absolute atomic E-state index is 11.0. The van der Waals surface area contributed by atoms with Crippen LogP contribution in [0.3, 0.4) is 0 Å². The molecule has 0 spiro atoms. The minimum Gasteiger partial charge on any atom is -0.450 e. The molecule has 0 aromatic heterocycles. The van der Waals surface area contributed by atoms with E-state index in [0.29, 0.717) is 10.2 Å². The third-order valence-corrected chi connectivity index (χ3v) is 3.32. The standard InChI is InChI=1S/C14H12BrNO4/c1-9-6-12(4-2-10(9)8-17)20-14-5-3-11(15)7-13(14)16(18)19/h2-7,17H,8H2,1H3. The van der Waals surface area contributed by atoms with Crippen molar-refractivity contribution >= 4 is 21.6 Å². The van der Waals surface area contributed by atoms with Crippen LogP contribution in [0.2, 0.25) is 0 Å². The Balaban J connectivity index is 2.35. The van der Waals surface area contributed by atoms with Crippen molar-refractivity contribution in [2.24, 2.45) is 0 Å². The molecule has 0 saturated heterocycles. The molecule has 6 heteroatoms. The second kappa shape index (κ2) is 6.02. The average Bonchev–Trinajstić information content (AvgIpc) is 2.41. The number of nitrogens with zero attached hydrogens (tertiary/aromatic N) is 1. The van der Waals surface area contributed by atoms with Crippen LogP contribution in [0, 0.1) is 17.0 Å². The molecule has 0 heterocycles. The highest BCUT2D eigenvalue weighted by Gasteiger charge is 2.16. The first-order valence-electron chi connectivity index (χ1n) is 5.83. The van der Waals surface area contributed by atoms with E-state index < -0.39 is 4.92 Å². The summed E-state index contributed by atoms with van der Waals surface area (Å²) in [5.41, 5.74) is 1.55. The molecule has 0 aliphatic carbocycles. The van der Waals surface area contributed by atoms with Crippen molar-refractivity contribution in [2.75, 3.05) is 0 Å². The highest BCUT2D eigenvalue weighted by atomic mass is 79.9. The number of aliphatic hydroxyl groups is 1. The molecular formula is C14H12BrNO4. The van der Waals surface area contributed by atoms with Crippen molar-refractivity contribution < 1.29 is 14.8 Å². The van der Waals surface area contributed by atoms with Gasteiger partial charge >= 0.3 is 5.69 Å². The lowest BCUT2D eigenvalue weighted by Gasteiger charge is -2.09. The fraction of sp³-hybridized carbons (Fsp3) is 0.143. The van der Waals surface area contributed by atoms with Crippen LogP contribution >= 0.6 is 15.9 Å². The number of benzene rings is 2. The molecule has 0 unspecified atom stereocenters. The molecule has 0 bridgehead atoms. The van der Waals surface area contributed by atoms with Gasteiger partial charge in [0.05, 0.1) is 11.5 Å². The van der Waals surface area contributed by atoms with Crippen molar-refractivity contribution in [3.8, 4) is 11.5 Å². The van der Waals surface area contributed by atoms with Crippen LogP contribution in [-0.2, 0) is 6.61 Å². The van der Waals surface area contributed by atoms with Gasteiger partial charge in [0.2, 0.25) is 5.75 Å². The first kappa shape index (κ1) is 14.5. The molecule has 0 atom stereocenters. The molecule has 104 valence electrons. The number of hydrogen-bond acceptors (Lipinski definition) is 4. The fourth-order valence-electron chi connectivity index (χ4n) is 1.76. The average molecular weight is 338 g/mol. The highest BCUT2D eigenvalue weighted by molar-refractivity contribution is 9.10. The van der Waals surface area contributed by atoms with E-state index in [1.165, 1.54) is 12.1 Å². The van der Waals surface area contributed by atoms with Crippen LogP contribution in [0.5, 0.6) is 11.5 Å². The molecule has 20 heavy (non-hydrogen) atoms. The number of ether oxygens (including phenoxy) is 1. The van der Waals surface area contributed by atoms with E-state index in [9.17, 15) is 10.1 Å². The molecule has 0 amide bonds. The molecule has 0 aliphatic rings. The number of aryl methyl sites for hydroxylation is 1. The Morgan fingerprint density at radius 1 is 1.30 bits per heavy atom. The summed E-state index contributed by atoms with van der Waals surface area (Å²) in [6.45, 7) is 1.79. The summed E-state index contributed by atoms with van der Waals surface area (Å²) in [6.07, 6.45) is 0. The quantitative estimate of drug-likeness (QED) is 0.677. The number of hydrogen-bond donors (Lipinski definition) is 1. The number of rotatable bonds is 4. The second-order valence-corrected chi connectivity index (χ2v) is 5.13. The van der Waals surface area contributed by atoms with Crippen molar-refractivity contribution in [3.05, 3.63) is 62.1 Å². The van der Waals surface area contributed by atoms with E-state index in [-0.39, 0.29) is 18.0 Å². The van der Waals surface area contributed by atoms with Gasteiger partial charge in [0.15, 0.2) is 0 Å². The zero-order chi connectivity index (χ0) is 14.7. The Hall–Kier alpha value is -1.92. The first-order chi connectivity index (χ1) is 9.51. The molecule has 0 saturated carbocycles. The molecule has 0 radical (unpaired) electrons. The zero-order valence-corrected chi connectivity index (χ0v) is 12.3.